The second kappa shape index (κ2) is 5.26. The van der Waals surface area contributed by atoms with Crippen molar-refractivity contribution in [2.75, 3.05) is 0 Å². The second-order valence-electron chi connectivity index (χ2n) is 3.67. The van der Waals surface area contributed by atoms with Crippen molar-refractivity contribution in [2.24, 2.45) is 0 Å². The van der Waals surface area contributed by atoms with Crippen LogP contribution in [0.4, 0.5) is 0 Å². The van der Waals surface area contributed by atoms with Gasteiger partial charge in [-0.25, -0.2) is 0 Å². The Morgan fingerprint density at radius 1 is 1.35 bits per heavy atom. The summed E-state index contributed by atoms with van der Waals surface area (Å²) in [5, 5.41) is 1.08. The van der Waals surface area contributed by atoms with E-state index in [0.717, 1.165) is 17.5 Å². The van der Waals surface area contributed by atoms with E-state index in [9.17, 15) is 0 Å². The molecule has 0 saturated heterocycles. The molecule has 1 atom stereocenters. The standard InChI is InChI=1S/C13H13OPS2/c1-2-3-4-8-12-10-11-7-5-6-9-13(11)14-15(12,16)17/h2-9H,1,10H2,(H,16,17)/b4-3-,12-8+. The molecule has 0 N–H and O–H groups in total. The third-order valence-electron chi connectivity index (χ3n) is 2.47. The van der Waals surface area contributed by atoms with Crippen LogP contribution >= 0.6 is 17.7 Å². The maximum absolute atomic E-state index is 5.82. The Hall–Kier alpha value is -0.760. The molecule has 0 spiro atoms. The van der Waals surface area contributed by atoms with Gasteiger partial charge in [-0.15, -0.1) is 0 Å². The molecule has 4 heteroatoms. The topological polar surface area (TPSA) is 9.23 Å². The van der Waals surface area contributed by atoms with Crippen molar-refractivity contribution in [2.45, 2.75) is 6.42 Å². The van der Waals surface area contributed by atoms with Gasteiger partial charge in [0.15, 0.2) is 5.47 Å². The monoisotopic (exact) mass is 280 g/mol. The minimum atomic E-state index is -2.17. The Labute approximate surface area is 112 Å². The van der Waals surface area contributed by atoms with Crippen LogP contribution in [-0.4, -0.2) is 0 Å². The van der Waals surface area contributed by atoms with Crippen LogP contribution in [0.1, 0.15) is 5.56 Å². The molecule has 0 amide bonds. The Balaban J connectivity index is 2.38. The third kappa shape index (κ3) is 2.92. The summed E-state index contributed by atoms with van der Waals surface area (Å²) in [5.41, 5.74) is -0.999. The summed E-state index contributed by atoms with van der Waals surface area (Å²) in [6, 6.07) is 7.96. The Morgan fingerprint density at radius 3 is 2.88 bits per heavy atom. The molecular weight excluding hydrogens is 267 g/mol. The first-order valence-electron chi connectivity index (χ1n) is 5.22. The van der Waals surface area contributed by atoms with Gasteiger partial charge in [0.1, 0.15) is 5.75 Å². The SMILES string of the molecule is C=C/C=C\C=C1/Cc2ccccc2OP1(=S)S. The molecule has 1 aliphatic heterocycles. The summed E-state index contributed by atoms with van der Waals surface area (Å²) in [4.78, 5) is 0. The van der Waals surface area contributed by atoms with Crippen LogP contribution in [0.25, 0.3) is 0 Å². The lowest BCUT2D eigenvalue weighted by Crippen LogP contribution is -2.04. The lowest BCUT2D eigenvalue weighted by molar-refractivity contribution is 0.609. The zero-order chi connectivity index (χ0) is 12.3. The first-order chi connectivity index (χ1) is 8.13. The summed E-state index contributed by atoms with van der Waals surface area (Å²) in [5.74, 6) is 0.871. The van der Waals surface area contributed by atoms with Crippen LogP contribution in [0.2, 0.25) is 0 Å². The van der Waals surface area contributed by atoms with Gasteiger partial charge in [-0.2, -0.15) is 0 Å². The zero-order valence-electron chi connectivity index (χ0n) is 9.24. The number of fused-ring (bicyclic) bond motifs is 1. The van der Waals surface area contributed by atoms with Crippen LogP contribution < -0.4 is 4.52 Å². The Kier molecular flexibility index (Phi) is 3.93. The van der Waals surface area contributed by atoms with Crippen molar-refractivity contribution in [3.05, 3.63) is 66.0 Å². The predicted octanol–water partition coefficient (Wildman–Crippen LogP) is 4.49. The quantitative estimate of drug-likeness (QED) is 0.485. The highest BCUT2D eigenvalue weighted by atomic mass is 32.9. The number of hydrogen-bond acceptors (Lipinski definition) is 2. The van der Waals surface area contributed by atoms with Crippen molar-refractivity contribution in [3.8, 4) is 5.75 Å². The van der Waals surface area contributed by atoms with Gasteiger partial charge >= 0.3 is 0 Å². The zero-order valence-corrected chi connectivity index (χ0v) is 11.8. The molecule has 1 aromatic rings. The van der Waals surface area contributed by atoms with E-state index in [1.165, 1.54) is 5.56 Å². The average Bonchev–Trinajstić information content (AvgIpc) is 2.29. The molecule has 1 unspecified atom stereocenters. The van der Waals surface area contributed by atoms with Crippen LogP contribution in [-0.2, 0) is 18.2 Å². The normalized spacial score (nSPS) is 25.6. The summed E-state index contributed by atoms with van der Waals surface area (Å²) in [6.07, 6.45) is 8.34. The molecule has 0 aromatic heterocycles. The van der Waals surface area contributed by atoms with Crippen molar-refractivity contribution in [1.82, 2.24) is 0 Å². The number of para-hydroxylation sites is 1. The van der Waals surface area contributed by atoms with E-state index in [-0.39, 0.29) is 0 Å². The minimum absolute atomic E-state index is 0.818. The predicted molar refractivity (Wildman–Crippen MR) is 81.5 cm³/mol. The summed E-state index contributed by atoms with van der Waals surface area (Å²) >= 11 is 9.98. The summed E-state index contributed by atoms with van der Waals surface area (Å²) in [7, 11) is 0. The molecular formula is C13H13OPS2. The van der Waals surface area contributed by atoms with Gasteiger partial charge in [-0.1, -0.05) is 61.3 Å². The van der Waals surface area contributed by atoms with Crippen LogP contribution in [0.5, 0.6) is 5.75 Å². The fourth-order valence-electron chi connectivity index (χ4n) is 1.62. The van der Waals surface area contributed by atoms with Crippen molar-refractivity contribution in [3.63, 3.8) is 0 Å². The highest BCUT2D eigenvalue weighted by molar-refractivity contribution is 8.63. The number of benzene rings is 1. The number of hydrogen-bond donors (Lipinski definition) is 1. The molecule has 0 radical (unpaired) electrons. The van der Waals surface area contributed by atoms with Gasteiger partial charge < -0.3 is 4.52 Å². The van der Waals surface area contributed by atoms with Gasteiger partial charge in [0, 0.05) is 11.7 Å². The van der Waals surface area contributed by atoms with E-state index in [4.69, 9.17) is 16.3 Å². The molecule has 0 fully saturated rings. The number of allylic oxidation sites excluding steroid dienone is 5. The fourth-order valence-corrected chi connectivity index (χ4v) is 4.12. The van der Waals surface area contributed by atoms with Crippen LogP contribution in [0, 0.1) is 0 Å². The number of thiol groups is 1. The van der Waals surface area contributed by atoms with E-state index in [0.29, 0.717) is 0 Å². The molecule has 17 heavy (non-hydrogen) atoms. The largest absolute Gasteiger partial charge is 0.453 e. The molecule has 1 aromatic carbocycles. The molecule has 1 nitrogen and oxygen atoms in total. The Bertz CT molecular complexity index is 546. The molecule has 1 aliphatic rings. The summed E-state index contributed by atoms with van der Waals surface area (Å²) in [6.45, 7) is 3.63. The molecule has 2 rings (SSSR count). The first-order valence-corrected chi connectivity index (χ1v) is 9.10. The molecule has 1 heterocycles. The van der Waals surface area contributed by atoms with E-state index in [2.05, 4.69) is 24.9 Å². The highest BCUT2D eigenvalue weighted by Gasteiger charge is 2.26. The molecule has 0 bridgehead atoms. The van der Waals surface area contributed by atoms with E-state index >= 15 is 0 Å². The maximum Gasteiger partial charge on any atom is 0.190 e. The maximum atomic E-state index is 5.82. The average molecular weight is 280 g/mol. The van der Waals surface area contributed by atoms with E-state index in [1.807, 2.05) is 36.4 Å². The van der Waals surface area contributed by atoms with Gasteiger partial charge in [0.2, 0.25) is 0 Å². The van der Waals surface area contributed by atoms with Crippen molar-refractivity contribution >= 4 is 29.5 Å². The third-order valence-corrected chi connectivity index (χ3v) is 5.89. The lowest BCUT2D eigenvalue weighted by atomic mass is 10.1. The van der Waals surface area contributed by atoms with Gasteiger partial charge in [-0.05, 0) is 23.4 Å². The van der Waals surface area contributed by atoms with Crippen LogP contribution in [0.15, 0.2) is 60.5 Å². The fraction of sp³-hybridized carbons (Fsp3) is 0.0769. The first kappa shape index (κ1) is 12.7. The molecule has 0 aliphatic carbocycles. The minimum Gasteiger partial charge on any atom is -0.453 e. The number of rotatable bonds is 2. The van der Waals surface area contributed by atoms with Gasteiger partial charge in [0.05, 0.1) is 0 Å². The van der Waals surface area contributed by atoms with Crippen molar-refractivity contribution in [1.29, 1.82) is 0 Å². The Morgan fingerprint density at radius 2 is 2.12 bits per heavy atom. The second-order valence-corrected chi connectivity index (χ2v) is 9.52. The van der Waals surface area contributed by atoms with Crippen molar-refractivity contribution < 1.29 is 4.52 Å². The smallest absolute Gasteiger partial charge is 0.190 e. The summed E-state index contributed by atoms with van der Waals surface area (Å²) < 4.78 is 5.82. The molecule has 0 saturated carbocycles. The highest BCUT2D eigenvalue weighted by Crippen LogP contribution is 2.63. The lowest BCUT2D eigenvalue weighted by Gasteiger charge is -2.27. The van der Waals surface area contributed by atoms with Crippen LogP contribution in [0.3, 0.4) is 0 Å². The van der Waals surface area contributed by atoms with Gasteiger partial charge in [0.25, 0.3) is 0 Å². The van der Waals surface area contributed by atoms with E-state index < -0.39 is 5.47 Å². The molecule has 88 valence electrons. The van der Waals surface area contributed by atoms with E-state index in [1.54, 1.807) is 6.08 Å². The van der Waals surface area contributed by atoms with Gasteiger partial charge in [-0.3, -0.25) is 0 Å².